The Morgan fingerprint density at radius 2 is 2.38 bits per heavy atom. The Morgan fingerprint density at radius 1 is 1.62 bits per heavy atom. The number of carboxylic acid groups (broad SMARTS) is 1. The van der Waals surface area contributed by atoms with E-state index in [1.807, 2.05) is 11.5 Å². The van der Waals surface area contributed by atoms with Crippen LogP contribution >= 0.6 is 0 Å². The second kappa shape index (κ2) is 4.20. The Bertz CT molecular complexity index is 321. The first-order valence-electron chi connectivity index (χ1n) is 3.65. The van der Waals surface area contributed by atoms with Crippen molar-refractivity contribution in [1.29, 1.82) is 0 Å². The minimum atomic E-state index is -1.18. The molecule has 1 aromatic rings. The van der Waals surface area contributed by atoms with Gasteiger partial charge in [-0.1, -0.05) is 6.07 Å². The Balaban J connectivity index is 2.73. The van der Waals surface area contributed by atoms with Crippen LogP contribution in [0, 0.1) is 0 Å². The topological polar surface area (TPSA) is 74.6 Å². The van der Waals surface area contributed by atoms with Crippen LogP contribution in [0.5, 0.6) is 0 Å². The highest BCUT2D eigenvalue weighted by atomic mass is 16.4. The number of aromatic nitrogens is 1. The van der Waals surface area contributed by atoms with Crippen LogP contribution in [0.15, 0.2) is 29.5 Å². The minimum absolute atomic E-state index is 0.531. The van der Waals surface area contributed by atoms with E-state index in [4.69, 9.17) is 5.11 Å². The maximum Gasteiger partial charge on any atom is 0.425 e. The normalized spacial score (nSPS) is 11.0. The molecular formula is C8H9N3O2. The van der Waals surface area contributed by atoms with Crippen molar-refractivity contribution in [3.8, 4) is 0 Å². The number of hydrogen-bond acceptors (Lipinski definition) is 3. The summed E-state index contributed by atoms with van der Waals surface area (Å²) in [5.74, 6) is 0. The van der Waals surface area contributed by atoms with Gasteiger partial charge in [0.2, 0.25) is 0 Å². The van der Waals surface area contributed by atoms with Gasteiger partial charge in [-0.2, -0.15) is 5.10 Å². The molecule has 0 saturated heterocycles. The van der Waals surface area contributed by atoms with Gasteiger partial charge in [-0.05, 0) is 19.1 Å². The summed E-state index contributed by atoms with van der Waals surface area (Å²) in [6.45, 7) is 1.68. The van der Waals surface area contributed by atoms with E-state index in [-0.39, 0.29) is 0 Å². The van der Waals surface area contributed by atoms with Crippen LogP contribution in [0.3, 0.4) is 0 Å². The number of nitrogens with zero attached hydrogens (tertiary/aromatic N) is 2. The molecule has 0 aromatic carbocycles. The summed E-state index contributed by atoms with van der Waals surface area (Å²) < 4.78 is 0. The predicted molar refractivity (Wildman–Crippen MR) is 47.6 cm³/mol. The molecule has 0 spiro atoms. The molecule has 1 aromatic heterocycles. The lowest BCUT2D eigenvalue weighted by Gasteiger charge is -1.97. The fraction of sp³-hybridized carbons (Fsp3) is 0.125. The Hall–Kier alpha value is -1.91. The van der Waals surface area contributed by atoms with Gasteiger partial charge in [-0.15, -0.1) is 0 Å². The van der Waals surface area contributed by atoms with Crippen molar-refractivity contribution in [3.05, 3.63) is 30.1 Å². The molecular weight excluding hydrogens is 170 g/mol. The van der Waals surface area contributed by atoms with Crippen molar-refractivity contribution in [3.63, 3.8) is 0 Å². The summed E-state index contributed by atoms with van der Waals surface area (Å²) in [4.78, 5) is 14.1. The average Bonchev–Trinajstić information content (AvgIpc) is 2.15. The third-order valence-electron chi connectivity index (χ3n) is 1.35. The van der Waals surface area contributed by atoms with Crippen LogP contribution in [0.1, 0.15) is 12.6 Å². The average molecular weight is 179 g/mol. The van der Waals surface area contributed by atoms with E-state index in [1.165, 1.54) is 0 Å². The van der Waals surface area contributed by atoms with Crippen LogP contribution in [0.4, 0.5) is 4.79 Å². The fourth-order valence-electron chi connectivity index (χ4n) is 0.766. The van der Waals surface area contributed by atoms with Gasteiger partial charge in [0.1, 0.15) is 0 Å². The Labute approximate surface area is 75.1 Å². The van der Waals surface area contributed by atoms with Crippen LogP contribution in [0.2, 0.25) is 0 Å². The van der Waals surface area contributed by atoms with Crippen LogP contribution in [-0.2, 0) is 0 Å². The number of hydrazone groups is 1. The van der Waals surface area contributed by atoms with Crippen LogP contribution in [0.25, 0.3) is 0 Å². The maximum absolute atomic E-state index is 10.1. The zero-order valence-corrected chi connectivity index (χ0v) is 7.06. The fourth-order valence-corrected chi connectivity index (χ4v) is 0.766. The van der Waals surface area contributed by atoms with Gasteiger partial charge in [-0.25, -0.2) is 10.2 Å². The van der Waals surface area contributed by atoms with Gasteiger partial charge in [0.05, 0.1) is 11.4 Å². The van der Waals surface area contributed by atoms with Crippen molar-refractivity contribution in [2.24, 2.45) is 5.10 Å². The largest absolute Gasteiger partial charge is 0.464 e. The summed E-state index contributed by atoms with van der Waals surface area (Å²) in [6, 6.07) is 5.34. The highest BCUT2D eigenvalue weighted by molar-refractivity contribution is 5.97. The van der Waals surface area contributed by atoms with E-state index in [2.05, 4.69) is 10.1 Å². The number of pyridine rings is 1. The van der Waals surface area contributed by atoms with Crippen molar-refractivity contribution in [2.45, 2.75) is 6.92 Å². The molecule has 1 amide bonds. The zero-order chi connectivity index (χ0) is 9.68. The first kappa shape index (κ1) is 9.18. The van der Waals surface area contributed by atoms with Gasteiger partial charge in [-0.3, -0.25) is 4.98 Å². The lowest BCUT2D eigenvalue weighted by molar-refractivity contribution is 0.195. The van der Waals surface area contributed by atoms with Gasteiger partial charge in [0.15, 0.2) is 0 Å². The third kappa shape index (κ3) is 2.90. The van der Waals surface area contributed by atoms with Gasteiger partial charge in [0, 0.05) is 6.20 Å². The molecule has 68 valence electrons. The Morgan fingerprint density at radius 3 is 2.92 bits per heavy atom. The number of carbonyl (C=O) groups is 1. The quantitative estimate of drug-likeness (QED) is 0.526. The maximum atomic E-state index is 10.1. The van der Waals surface area contributed by atoms with Gasteiger partial charge in [0.25, 0.3) is 0 Å². The summed E-state index contributed by atoms with van der Waals surface area (Å²) in [6.07, 6.45) is 0.435. The summed E-state index contributed by atoms with van der Waals surface area (Å²) in [5, 5.41) is 11.9. The van der Waals surface area contributed by atoms with Crippen molar-refractivity contribution >= 4 is 11.8 Å². The van der Waals surface area contributed by atoms with Crippen molar-refractivity contribution in [2.75, 3.05) is 0 Å². The molecule has 0 bridgehead atoms. The van der Waals surface area contributed by atoms with Gasteiger partial charge >= 0.3 is 6.09 Å². The smallest absolute Gasteiger partial charge is 0.425 e. The molecule has 0 aliphatic heterocycles. The van der Waals surface area contributed by atoms with Crippen molar-refractivity contribution < 1.29 is 9.90 Å². The molecule has 0 aliphatic rings. The number of nitrogens with one attached hydrogen (secondary N) is 1. The minimum Gasteiger partial charge on any atom is -0.464 e. The summed E-state index contributed by atoms with van der Waals surface area (Å²) >= 11 is 0. The van der Waals surface area contributed by atoms with E-state index in [0.717, 1.165) is 0 Å². The van der Waals surface area contributed by atoms with E-state index in [1.54, 1.807) is 25.3 Å². The molecule has 13 heavy (non-hydrogen) atoms. The first-order valence-corrected chi connectivity index (χ1v) is 3.65. The van der Waals surface area contributed by atoms with Crippen LogP contribution in [-0.4, -0.2) is 21.9 Å². The van der Waals surface area contributed by atoms with Crippen molar-refractivity contribution in [1.82, 2.24) is 10.4 Å². The standard InChI is InChI=1S/C8H9N3O2/c1-6(10-11-8(12)13)7-4-2-3-5-9-7/h2-5,11H,1H3,(H,12,13)/b10-6-. The zero-order valence-electron chi connectivity index (χ0n) is 7.06. The molecule has 0 saturated carbocycles. The molecule has 0 atom stereocenters. The molecule has 0 aliphatic carbocycles. The highest BCUT2D eigenvalue weighted by Gasteiger charge is 1.97. The Kier molecular flexibility index (Phi) is 2.97. The van der Waals surface area contributed by atoms with E-state index >= 15 is 0 Å². The third-order valence-corrected chi connectivity index (χ3v) is 1.35. The lowest BCUT2D eigenvalue weighted by Crippen LogP contribution is -2.16. The number of amides is 1. The molecule has 0 radical (unpaired) electrons. The molecule has 1 heterocycles. The highest BCUT2D eigenvalue weighted by Crippen LogP contribution is 1.94. The van der Waals surface area contributed by atoms with E-state index < -0.39 is 6.09 Å². The molecule has 0 unspecified atom stereocenters. The second-order valence-corrected chi connectivity index (χ2v) is 2.33. The SMILES string of the molecule is C/C(=N/NC(=O)O)c1ccccn1. The molecule has 2 N–H and O–H groups in total. The second-order valence-electron chi connectivity index (χ2n) is 2.33. The molecule has 0 fully saturated rings. The summed E-state index contributed by atoms with van der Waals surface area (Å²) in [7, 11) is 0. The monoisotopic (exact) mass is 179 g/mol. The van der Waals surface area contributed by atoms with Crippen LogP contribution < -0.4 is 5.43 Å². The van der Waals surface area contributed by atoms with Gasteiger partial charge < -0.3 is 5.11 Å². The molecule has 1 rings (SSSR count). The lowest BCUT2D eigenvalue weighted by atomic mass is 10.3. The summed E-state index contributed by atoms with van der Waals surface area (Å²) in [5.41, 5.74) is 3.09. The molecule has 5 heteroatoms. The van der Waals surface area contributed by atoms with E-state index in [0.29, 0.717) is 11.4 Å². The first-order chi connectivity index (χ1) is 6.20. The molecule has 5 nitrogen and oxygen atoms in total. The number of rotatable bonds is 2. The predicted octanol–water partition coefficient (Wildman–Crippen LogP) is 1.07. The van der Waals surface area contributed by atoms with E-state index in [9.17, 15) is 4.79 Å². The number of hydrogen-bond donors (Lipinski definition) is 2.